The van der Waals surface area contributed by atoms with Crippen LogP contribution in [0.2, 0.25) is 5.02 Å². The fraction of sp³-hybridized carbons (Fsp3) is 0.0714. The third-order valence-corrected chi connectivity index (χ3v) is 4.35. The lowest BCUT2D eigenvalue weighted by Gasteiger charge is -2.10. The molecule has 1 aliphatic rings. The Labute approximate surface area is 128 Å². The third-order valence-electron chi connectivity index (χ3n) is 3.25. The molecule has 5 nitrogen and oxygen atoms in total. The molecule has 3 heterocycles. The molecule has 0 atom stereocenters. The van der Waals surface area contributed by atoms with E-state index >= 15 is 0 Å². The quantitative estimate of drug-likeness (QED) is 0.648. The molecule has 0 saturated carbocycles. The predicted molar refractivity (Wildman–Crippen MR) is 83.1 cm³/mol. The Hall–Kier alpha value is -2.05. The number of hydrogen-bond acceptors (Lipinski definition) is 4. The van der Waals surface area contributed by atoms with Crippen LogP contribution in [-0.4, -0.2) is 19.3 Å². The summed E-state index contributed by atoms with van der Waals surface area (Å²) >= 11 is 7.31. The Balaban J connectivity index is 1.92. The molecule has 1 aliphatic heterocycles. The van der Waals surface area contributed by atoms with Gasteiger partial charge in [-0.25, -0.2) is 9.67 Å². The smallest absolute Gasteiger partial charge is 0.265 e. The predicted octanol–water partition coefficient (Wildman–Crippen LogP) is 2.86. The number of halogens is 1. The van der Waals surface area contributed by atoms with Crippen molar-refractivity contribution in [3.05, 3.63) is 57.3 Å². The summed E-state index contributed by atoms with van der Waals surface area (Å²) < 4.78 is 3.31. The molecule has 104 valence electrons. The van der Waals surface area contributed by atoms with E-state index in [0.29, 0.717) is 27.8 Å². The molecule has 1 aromatic carbocycles. The van der Waals surface area contributed by atoms with Crippen molar-refractivity contribution in [3.8, 4) is 5.69 Å². The largest absolute Gasteiger partial charge is 0.283 e. The zero-order chi connectivity index (χ0) is 14.4. The Morgan fingerprint density at radius 2 is 2.05 bits per heavy atom. The molecular formula is C14H9ClN4OS. The summed E-state index contributed by atoms with van der Waals surface area (Å²) in [7, 11) is 0. The molecule has 0 radical (unpaired) electrons. The van der Waals surface area contributed by atoms with Crippen molar-refractivity contribution in [2.24, 2.45) is 0 Å². The molecular weight excluding hydrogens is 308 g/mol. The van der Waals surface area contributed by atoms with Gasteiger partial charge >= 0.3 is 0 Å². The van der Waals surface area contributed by atoms with Gasteiger partial charge in [0.1, 0.15) is 5.39 Å². The van der Waals surface area contributed by atoms with E-state index in [4.69, 9.17) is 11.6 Å². The molecule has 0 saturated heterocycles. The minimum Gasteiger partial charge on any atom is -0.283 e. The molecule has 0 fully saturated rings. The van der Waals surface area contributed by atoms with Crippen LogP contribution in [0.25, 0.3) is 16.7 Å². The maximum Gasteiger partial charge on any atom is 0.265 e. The molecule has 0 N–H and O–H groups in total. The first-order valence-electron chi connectivity index (χ1n) is 6.30. The van der Waals surface area contributed by atoms with E-state index in [1.54, 1.807) is 27.6 Å². The van der Waals surface area contributed by atoms with Crippen LogP contribution < -0.4 is 5.56 Å². The monoisotopic (exact) mass is 316 g/mol. The standard InChI is InChI=1S/C14H9ClN4OS/c15-9-2-4-10(5-3-9)19-8-11-12(17-19)16-14-18(13(11)20)6-1-7-21-14/h1-5,7-8H,6H2. The van der Waals surface area contributed by atoms with E-state index in [1.165, 1.54) is 11.8 Å². The highest BCUT2D eigenvalue weighted by molar-refractivity contribution is 8.02. The van der Waals surface area contributed by atoms with Gasteiger partial charge in [0.25, 0.3) is 5.56 Å². The topological polar surface area (TPSA) is 52.7 Å². The molecule has 0 aliphatic carbocycles. The maximum absolute atomic E-state index is 12.5. The van der Waals surface area contributed by atoms with Gasteiger partial charge in [-0.15, -0.1) is 5.10 Å². The number of aromatic nitrogens is 4. The molecule has 3 aromatic rings. The van der Waals surface area contributed by atoms with E-state index in [9.17, 15) is 4.79 Å². The average molecular weight is 317 g/mol. The maximum atomic E-state index is 12.5. The fourth-order valence-electron chi connectivity index (χ4n) is 2.22. The normalized spacial score (nSPS) is 13.6. The zero-order valence-corrected chi connectivity index (χ0v) is 12.3. The van der Waals surface area contributed by atoms with Gasteiger partial charge < -0.3 is 0 Å². The highest BCUT2D eigenvalue weighted by atomic mass is 35.5. The van der Waals surface area contributed by atoms with Gasteiger partial charge in [-0.3, -0.25) is 9.36 Å². The molecule has 0 spiro atoms. The van der Waals surface area contributed by atoms with Crippen LogP contribution in [0.3, 0.4) is 0 Å². The SMILES string of the molecule is O=c1c2cn(-c3ccc(Cl)cc3)nc2nc2n1CC=CS2. The summed E-state index contributed by atoms with van der Waals surface area (Å²) in [6, 6.07) is 7.27. The van der Waals surface area contributed by atoms with Crippen LogP contribution in [0.4, 0.5) is 0 Å². The number of fused-ring (bicyclic) bond motifs is 2. The number of rotatable bonds is 1. The van der Waals surface area contributed by atoms with Gasteiger partial charge in [0.2, 0.25) is 0 Å². The first-order valence-corrected chi connectivity index (χ1v) is 7.56. The highest BCUT2D eigenvalue weighted by Gasteiger charge is 2.15. The van der Waals surface area contributed by atoms with Gasteiger partial charge in [-0.2, -0.15) is 0 Å². The number of benzene rings is 1. The molecule has 21 heavy (non-hydrogen) atoms. The second-order valence-electron chi connectivity index (χ2n) is 4.59. The molecule has 0 unspecified atom stereocenters. The van der Waals surface area contributed by atoms with Crippen LogP contribution in [0.15, 0.2) is 51.9 Å². The highest BCUT2D eigenvalue weighted by Crippen LogP contribution is 2.22. The van der Waals surface area contributed by atoms with E-state index in [2.05, 4.69) is 10.1 Å². The first kappa shape index (κ1) is 12.7. The Kier molecular flexibility index (Phi) is 2.87. The fourth-order valence-corrected chi connectivity index (χ4v) is 3.07. The van der Waals surface area contributed by atoms with Gasteiger partial charge in [0, 0.05) is 17.8 Å². The Morgan fingerprint density at radius 3 is 2.86 bits per heavy atom. The van der Waals surface area contributed by atoms with Gasteiger partial charge in [0.15, 0.2) is 10.8 Å². The second kappa shape index (κ2) is 4.75. The molecule has 2 aromatic heterocycles. The van der Waals surface area contributed by atoms with Crippen molar-refractivity contribution >= 4 is 34.4 Å². The van der Waals surface area contributed by atoms with E-state index in [0.717, 1.165) is 5.69 Å². The average Bonchev–Trinajstić information content (AvgIpc) is 2.92. The van der Waals surface area contributed by atoms with Crippen molar-refractivity contribution in [3.63, 3.8) is 0 Å². The van der Waals surface area contributed by atoms with Gasteiger partial charge in [-0.1, -0.05) is 29.4 Å². The second-order valence-corrected chi connectivity index (χ2v) is 5.90. The minimum atomic E-state index is -0.0629. The van der Waals surface area contributed by atoms with Crippen LogP contribution in [-0.2, 0) is 6.54 Å². The van der Waals surface area contributed by atoms with E-state index < -0.39 is 0 Å². The van der Waals surface area contributed by atoms with Crippen molar-refractivity contribution in [1.82, 2.24) is 19.3 Å². The Morgan fingerprint density at radius 1 is 1.24 bits per heavy atom. The van der Waals surface area contributed by atoms with Crippen molar-refractivity contribution in [1.29, 1.82) is 0 Å². The van der Waals surface area contributed by atoms with Crippen LogP contribution in [0.5, 0.6) is 0 Å². The minimum absolute atomic E-state index is 0.0629. The van der Waals surface area contributed by atoms with Crippen molar-refractivity contribution in [2.75, 3.05) is 0 Å². The lowest BCUT2D eigenvalue weighted by molar-refractivity contribution is 0.666. The van der Waals surface area contributed by atoms with Gasteiger partial charge in [-0.05, 0) is 29.7 Å². The lowest BCUT2D eigenvalue weighted by atomic mass is 10.3. The summed E-state index contributed by atoms with van der Waals surface area (Å²) in [6.07, 6.45) is 3.65. The van der Waals surface area contributed by atoms with Crippen molar-refractivity contribution < 1.29 is 0 Å². The zero-order valence-electron chi connectivity index (χ0n) is 10.7. The third kappa shape index (κ3) is 2.07. The van der Waals surface area contributed by atoms with E-state index in [-0.39, 0.29) is 5.56 Å². The van der Waals surface area contributed by atoms with Gasteiger partial charge in [0.05, 0.1) is 5.69 Å². The Bertz CT molecular complexity index is 927. The van der Waals surface area contributed by atoms with Crippen LogP contribution in [0.1, 0.15) is 0 Å². The molecule has 7 heteroatoms. The molecule has 0 amide bonds. The number of nitrogens with zero attached hydrogens (tertiary/aromatic N) is 4. The van der Waals surface area contributed by atoms with E-state index in [1.807, 2.05) is 23.6 Å². The first-order chi connectivity index (χ1) is 10.2. The summed E-state index contributed by atoms with van der Waals surface area (Å²) in [5.41, 5.74) is 1.24. The lowest BCUT2D eigenvalue weighted by Crippen LogP contribution is -2.23. The number of thioether (sulfide) groups is 1. The van der Waals surface area contributed by atoms with Crippen LogP contribution in [0, 0.1) is 0 Å². The van der Waals surface area contributed by atoms with Crippen LogP contribution >= 0.6 is 23.4 Å². The van der Waals surface area contributed by atoms with Crippen molar-refractivity contribution in [2.45, 2.75) is 11.7 Å². The summed E-state index contributed by atoms with van der Waals surface area (Å²) in [4.78, 5) is 16.9. The molecule has 0 bridgehead atoms. The molecule has 4 rings (SSSR count). The summed E-state index contributed by atoms with van der Waals surface area (Å²) in [5, 5.41) is 8.18. The summed E-state index contributed by atoms with van der Waals surface area (Å²) in [6.45, 7) is 0.552. The number of hydrogen-bond donors (Lipinski definition) is 0. The summed E-state index contributed by atoms with van der Waals surface area (Å²) in [5.74, 6) is 0. The number of allylic oxidation sites excluding steroid dienone is 1.